The number of hydrogen-bond donors (Lipinski definition) is 3. The summed E-state index contributed by atoms with van der Waals surface area (Å²) in [5, 5.41) is 22.5. The molecule has 3 nitrogen and oxygen atoms in total. The van der Waals surface area contributed by atoms with Gasteiger partial charge in [-0.3, -0.25) is 0 Å². The summed E-state index contributed by atoms with van der Waals surface area (Å²) in [6.07, 6.45) is 3.06. The predicted molar refractivity (Wildman–Crippen MR) is 62.2 cm³/mol. The Morgan fingerprint density at radius 1 is 1.40 bits per heavy atom. The SMILES string of the molecule is Oc1ccc(Br)c(CC2CCCN2)c1O. The Morgan fingerprint density at radius 2 is 2.20 bits per heavy atom. The Bertz CT molecular complexity index is 362. The summed E-state index contributed by atoms with van der Waals surface area (Å²) >= 11 is 3.39. The first kappa shape index (κ1) is 10.8. The molecule has 1 aromatic carbocycles. The highest BCUT2D eigenvalue weighted by molar-refractivity contribution is 9.10. The zero-order valence-corrected chi connectivity index (χ0v) is 9.92. The molecular formula is C11H14BrNO2. The molecule has 0 saturated carbocycles. The lowest BCUT2D eigenvalue weighted by Crippen LogP contribution is -2.23. The molecule has 0 radical (unpaired) electrons. The number of halogens is 1. The Hall–Kier alpha value is -0.740. The van der Waals surface area contributed by atoms with Gasteiger partial charge in [0.25, 0.3) is 0 Å². The van der Waals surface area contributed by atoms with Gasteiger partial charge < -0.3 is 15.5 Å². The minimum atomic E-state index is -0.0498. The lowest BCUT2D eigenvalue weighted by Gasteiger charge is -2.13. The molecule has 0 amide bonds. The van der Waals surface area contributed by atoms with Crippen LogP contribution in [0.2, 0.25) is 0 Å². The molecule has 1 atom stereocenters. The third-order valence-corrected chi connectivity index (χ3v) is 3.56. The molecule has 1 aromatic rings. The van der Waals surface area contributed by atoms with Crippen molar-refractivity contribution in [3.63, 3.8) is 0 Å². The highest BCUT2D eigenvalue weighted by Gasteiger charge is 2.19. The molecule has 3 N–H and O–H groups in total. The molecule has 0 bridgehead atoms. The van der Waals surface area contributed by atoms with Gasteiger partial charge in [0.15, 0.2) is 11.5 Å². The molecule has 15 heavy (non-hydrogen) atoms. The standard InChI is InChI=1S/C11H14BrNO2/c12-9-3-4-10(14)11(15)8(9)6-7-2-1-5-13-7/h3-4,7,13-15H,1-2,5-6H2. The van der Waals surface area contributed by atoms with Gasteiger partial charge in [-0.25, -0.2) is 0 Å². The van der Waals surface area contributed by atoms with Crippen molar-refractivity contribution in [3.8, 4) is 11.5 Å². The van der Waals surface area contributed by atoms with Crippen LogP contribution in [0.4, 0.5) is 0 Å². The number of phenols is 2. The summed E-state index contributed by atoms with van der Waals surface area (Å²) in [5.74, 6) is -0.0516. The molecule has 1 fully saturated rings. The first-order valence-electron chi connectivity index (χ1n) is 5.11. The molecular weight excluding hydrogens is 258 g/mol. The fourth-order valence-corrected chi connectivity index (χ4v) is 2.45. The van der Waals surface area contributed by atoms with E-state index in [0.717, 1.165) is 29.4 Å². The van der Waals surface area contributed by atoms with Gasteiger partial charge in [-0.15, -0.1) is 0 Å². The van der Waals surface area contributed by atoms with Crippen LogP contribution in [0, 0.1) is 0 Å². The van der Waals surface area contributed by atoms with Crippen LogP contribution in [0.15, 0.2) is 16.6 Å². The summed E-state index contributed by atoms with van der Waals surface area (Å²) in [4.78, 5) is 0. The molecule has 0 aliphatic carbocycles. The van der Waals surface area contributed by atoms with Gasteiger partial charge in [0, 0.05) is 16.1 Å². The molecule has 82 valence electrons. The second-order valence-corrected chi connectivity index (χ2v) is 4.75. The summed E-state index contributed by atoms with van der Waals surface area (Å²) < 4.78 is 0.853. The van der Waals surface area contributed by atoms with Crippen LogP contribution < -0.4 is 5.32 Å². The summed E-state index contributed by atoms with van der Waals surface area (Å²) in [6, 6.07) is 3.67. The minimum Gasteiger partial charge on any atom is -0.504 e. The maximum Gasteiger partial charge on any atom is 0.161 e. The van der Waals surface area contributed by atoms with E-state index in [0.29, 0.717) is 6.04 Å². The van der Waals surface area contributed by atoms with Crippen molar-refractivity contribution >= 4 is 15.9 Å². The lowest BCUT2D eigenvalue weighted by molar-refractivity contribution is 0.396. The van der Waals surface area contributed by atoms with Crippen LogP contribution in [0.3, 0.4) is 0 Å². The van der Waals surface area contributed by atoms with Crippen molar-refractivity contribution in [1.82, 2.24) is 5.32 Å². The lowest BCUT2D eigenvalue weighted by atomic mass is 10.0. The van der Waals surface area contributed by atoms with Gasteiger partial charge >= 0.3 is 0 Å². The van der Waals surface area contributed by atoms with Gasteiger partial charge in [-0.05, 0) is 37.9 Å². The first-order chi connectivity index (χ1) is 7.18. The Balaban J connectivity index is 2.22. The third kappa shape index (κ3) is 2.26. The second-order valence-electron chi connectivity index (χ2n) is 3.89. The zero-order chi connectivity index (χ0) is 10.8. The fourth-order valence-electron chi connectivity index (χ4n) is 1.97. The molecule has 1 heterocycles. The number of nitrogens with one attached hydrogen (secondary N) is 1. The molecule has 0 spiro atoms. The van der Waals surface area contributed by atoms with Gasteiger partial charge in [0.1, 0.15) is 0 Å². The highest BCUT2D eigenvalue weighted by atomic mass is 79.9. The van der Waals surface area contributed by atoms with E-state index in [2.05, 4.69) is 21.2 Å². The summed E-state index contributed by atoms with van der Waals surface area (Å²) in [6.45, 7) is 1.04. The normalized spacial score (nSPS) is 20.7. The Kier molecular flexibility index (Phi) is 3.17. The smallest absolute Gasteiger partial charge is 0.161 e. The molecule has 1 aliphatic rings. The van der Waals surface area contributed by atoms with Gasteiger partial charge in [-0.2, -0.15) is 0 Å². The summed E-state index contributed by atoms with van der Waals surface area (Å²) in [5.41, 5.74) is 0.786. The summed E-state index contributed by atoms with van der Waals surface area (Å²) in [7, 11) is 0. The molecule has 1 aliphatic heterocycles. The monoisotopic (exact) mass is 271 g/mol. The van der Waals surface area contributed by atoms with E-state index in [4.69, 9.17) is 0 Å². The molecule has 1 saturated heterocycles. The van der Waals surface area contributed by atoms with Crippen LogP contribution >= 0.6 is 15.9 Å². The minimum absolute atomic E-state index is 0.00178. The van der Waals surface area contributed by atoms with Crippen molar-refractivity contribution in [2.24, 2.45) is 0 Å². The molecule has 4 heteroatoms. The molecule has 0 aromatic heterocycles. The zero-order valence-electron chi connectivity index (χ0n) is 8.33. The van der Waals surface area contributed by atoms with Crippen molar-refractivity contribution in [1.29, 1.82) is 0 Å². The third-order valence-electron chi connectivity index (χ3n) is 2.82. The maximum atomic E-state index is 9.73. The van der Waals surface area contributed by atoms with Gasteiger partial charge in [-0.1, -0.05) is 15.9 Å². The van der Waals surface area contributed by atoms with Crippen molar-refractivity contribution in [3.05, 3.63) is 22.2 Å². The molecule has 2 rings (SSSR count). The largest absolute Gasteiger partial charge is 0.504 e. The van der Waals surface area contributed by atoms with Crippen LogP contribution in [0.25, 0.3) is 0 Å². The average molecular weight is 272 g/mol. The number of phenolic OH excluding ortho intramolecular Hbond substituents is 2. The van der Waals surface area contributed by atoms with E-state index < -0.39 is 0 Å². The van der Waals surface area contributed by atoms with E-state index >= 15 is 0 Å². The van der Waals surface area contributed by atoms with Crippen molar-refractivity contribution < 1.29 is 10.2 Å². The average Bonchev–Trinajstić information content (AvgIpc) is 2.71. The van der Waals surface area contributed by atoms with Crippen LogP contribution in [0.1, 0.15) is 18.4 Å². The number of benzene rings is 1. The molecule has 1 unspecified atom stereocenters. The van der Waals surface area contributed by atoms with Gasteiger partial charge in [0.2, 0.25) is 0 Å². The second kappa shape index (κ2) is 4.41. The first-order valence-corrected chi connectivity index (χ1v) is 5.90. The highest BCUT2D eigenvalue weighted by Crippen LogP contribution is 2.35. The maximum absolute atomic E-state index is 9.73. The van der Waals surface area contributed by atoms with E-state index in [9.17, 15) is 10.2 Å². The van der Waals surface area contributed by atoms with Crippen LogP contribution in [-0.2, 0) is 6.42 Å². The van der Waals surface area contributed by atoms with Crippen molar-refractivity contribution in [2.75, 3.05) is 6.54 Å². The Labute approximate surface area is 97.3 Å². The van der Waals surface area contributed by atoms with E-state index in [-0.39, 0.29) is 11.5 Å². The Morgan fingerprint density at radius 3 is 2.87 bits per heavy atom. The predicted octanol–water partition coefficient (Wildman–Crippen LogP) is 2.15. The number of aromatic hydroxyl groups is 2. The topological polar surface area (TPSA) is 52.5 Å². The number of hydrogen-bond acceptors (Lipinski definition) is 3. The fraction of sp³-hybridized carbons (Fsp3) is 0.455. The van der Waals surface area contributed by atoms with Gasteiger partial charge in [0.05, 0.1) is 0 Å². The van der Waals surface area contributed by atoms with E-state index in [1.54, 1.807) is 6.07 Å². The van der Waals surface area contributed by atoms with E-state index in [1.807, 2.05) is 0 Å². The number of rotatable bonds is 2. The van der Waals surface area contributed by atoms with Crippen LogP contribution in [-0.4, -0.2) is 22.8 Å². The van der Waals surface area contributed by atoms with Crippen LogP contribution in [0.5, 0.6) is 11.5 Å². The van der Waals surface area contributed by atoms with E-state index in [1.165, 1.54) is 12.5 Å². The quantitative estimate of drug-likeness (QED) is 0.723. The van der Waals surface area contributed by atoms with Crippen molar-refractivity contribution in [2.45, 2.75) is 25.3 Å².